The van der Waals surface area contributed by atoms with E-state index in [1.54, 1.807) is 0 Å². The summed E-state index contributed by atoms with van der Waals surface area (Å²) in [5.41, 5.74) is 5.53. The van der Waals surface area contributed by atoms with Crippen LogP contribution in [0.2, 0.25) is 0 Å². The number of aliphatic hydroxyl groups excluding tert-OH is 2. The molecule has 5 nitrogen and oxygen atoms in total. The van der Waals surface area contributed by atoms with Gasteiger partial charge in [-0.15, -0.1) is 0 Å². The van der Waals surface area contributed by atoms with Crippen LogP contribution in [0.4, 0.5) is 0 Å². The van der Waals surface area contributed by atoms with Crippen molar-refractivity contribution in [3.05, 3.63) is 0 Å². The lowest BCUT2D eigenvalue weighted by Crippen LogP contribution is -2.50. The zero-order chi connectivity index (χ0) is 9.68. The van der Waals surface area contributed by atoms with E-state index in [0.717, 1.165) is 19.4 Å². The fraction of sp³-hybridized carbons (Fsp3) is 1.00. The predicted molar refractivity (Wildman–Crippen MR) is 48.0 cm³/mol. The van der Waals surface area contributed by atoms with E-state index >= 15 is 0 Å². The Morgan fingerprint density at radius 1 is 1.62 bits per heavy atom. The van der Waals surface area contributed by atoms with E-state index < -0.39 is 12.3 Å². The summed E-state index contributed by atoms with van der Waals surface area (Å²) in [5.74, 6) is 0. The highest BCUT2D eigenvalue weighted by molar-refractivity contribution is 4.73. The maximum atomic E-state index is 9.12. The van der Waals surface area contributed by atoms with E-state index in [-0.39, 0.29) is 12.7 Å². The van der Waals surface area contributed by atoms with Gasteiger partial charge in [0.15, 0.2) is 0 Å². The molecule has 1 aliphatic rings. The van der Waals surface area contributed by atoms with Gasteiger partial charge in [0.2, 0.25) is 0 Å². The molecule has 0 amide bonds. The first kappa shape index (κ1) is 10.9. The maximum Gasteiger partial charge on any atom is 0.105 e. The first-order valence-electron chi connectivity index (χ1n) is 4.63. The molecule has 1 aliphatic heterocycles. The van der Waals surface area contributed by atoms with Gasteiger partial charge in [-0.2, -0.15) is 0 Å². The molecular weight excluding hydrogens is 172 g/mol. The molecule has 0 aromatic heterocycles. The van der Waals surface area contributed by atoms with Gasteiger partial charge >= 0.3 is 0 Å². The minimum atomic E-state index is -0.901. The fourth-order valence-electron chi connectivity index (χ4n) is 1.32. The van der Waals surface area contributed by atoms with Crippen LogP contribution in [0.15, 0.2) is 0 Å². The first-order valence-corrected chi connectivity index (χ1v) is 4.63. The molecule has 5 N–H and O–H groups in total. The van der Waals surface area contributed by atoms with Crippen LogP contribution in [0, 0.1) is 0 Å². The summed E-state index contributed by atoms with van der Waals surface area (Å²) in [6, 6.07) is 0. The van der Waals surface area contributed by atoms with E-state index in [9.17, 15) is 0 Å². The third-order valence-corrected chi connectivity index (χ3v) is 2.21. The van der Waals surface area contributed by atoms with Gasteiger partial charge in [0.1, 0.15) is 6.10 Å². The zero-order valence-electron chi connectivity index (χ0n) is 7.65. The van der Waals surface area contributed by atoms with Crippen molar-refractivity contribution in [3.8, 4) is 0 Å². The van der Waals surface area contributed by atoms with Gasteiger partial charge in [-0.1, -0.05) is 0 Å². The molecule has 0 aliphatic carbocycles. The van der Waals surface area contributed by atoms with E-state index in [0.29, 0.717) is 6.54 Å². The average Bonchev–Trinajstić information content (AvgIpc) is 2.65. The number of aliphatic hydroxyl groups is 2. The molecule has 1 heterocycles. The van der Waals surface area contributed by atoms with E-state index in [4.69, 9.17) is 20.7 Å². The lowest BCUT2D eigenvalue weighted by molar-refractivity contribution is 0.0540. The number of rotatable bonds is 5. The summed E-state index contributed by atoms with van der Waals surface area (Å²) >= 11 is 0. The van der Waals surface area contributed by atoms with Gasteiger partial charge in [0.05, 0.1) is 18.9 Å². The number of nitrogens with one attached hydrogen (secondary N) is 1. The van der Waals surface area contributed by atoms with Crippen LogP contribution in [0.1, 0.15) is 12.8 Å². The van der Waals surface area contributed by atoms with Crippen LogP contribution >= 0.6 is 0 Å². The largest absolute Gasteiger partial charge is 0.394 e. The van der Waals surface area contributed by atoms with Gasteiger partial charge in [-0.05, 0) is 12.8 Å². The molecule has 5 heteroatoms. The Hall–Kier alpha value is -0.200. The molecule has 78 valence electrons. The normalized spacial score (nSPS) is 27.5. The minimum Gasteiger partial charge on any atom is -0.394 e. The smallest absolute Gasteiger partial charge is 0.105 e. The average molecular weight is 190 g/mol. The van der Waals surface area contributed by atoms with E-state index in [1.165, 1.54) is 0 Å². The summed E-state index contributed by atoms with van der Waals surface area (Å²) in [6.07, 6.45) is 0.853. The summed E-state index contributed by atoms with van der Waals surface area (Å²) in [5, 5.41) is 20.6. The molecule has 0 aromatic rings. The highest BCUT2D eigenvalue weighted by Gasteiger charge is 2.18. The van der Waals surface area contributed by atoms with Crippen molar-refractivity contribution in [3.63, 3.8) is 0 Å². The predicted octanol–water partition coefficient (Wildman–Crippen LogP) is -1.61. The topological polar surface area (TPSA) is 87.7 Å². The van der Waals surface area contributed by atoms with E-state index in [1.807, 2.05) is 0 Å². The van der Waals surface area contributed by atoms with Crippen molar-refractivity contribution in [1.29, 1.82) is 0 Å². The molecule has 0 aromatic carbocycles. The summed E-state index contributed by atoms with van der Waals surface area (Å²) in [7, 11) is 0. The molecule has 3 atom stereocenters. The fourth-order valence-corrected chi connectivity index (χ4v) is 1.32. The van der Waals surface area contributed by atoms with Crippen LogP contribution in [0.3, 0.4) is 0 Å². The van der Waals surface area contributed by atoms with Crippen molar-refractivity contribution in [2.75, 3.05) is 19.8 Å². The molecule has 13 heavy (non-hydrogen) atoms. The van der Waals surface area contributed by atoms with E-state index in [2.05, 4.69) is 5.32 Å². The second-order valence-corrected chi connectivity index (χ2v) is 3.32. The standard InChI is InChI=1S/C8H18N2O3/c9-8(7(12)5-11)10-4-6-2-1-3-13-6/h6-8,10-12H,1-5,9H2. The molecule has 0 radical (unpaired) electrons. The first-order chi connectivity index (χ1) is 6.24. The summed E-state index contributed by atoms with van der Waals surface area (Å²) in [4.78, 5) is 0. The molecule has 3 unspecified atom stereocenters. The number of hydrogen-bond acceptors (Lipinski definition) is 5. The van der Waals surface area contributed by atoms with Gasteiger partial charge in [0, 0.05) is 13.2 Å². The Morgan fingerprint density at radius 2 is 2.38 bits per heavy atom. The molecule has 1 rings (SSSR count). The molecule has 1 fully saturated rings. The lowest BCUT2D eigenvalue weighted by Gasteiger charge is -2.20. The summed E-state index contributed by atoms with van der Waals surface area (Å²) < 4.78 is 5.35. The molecular formula is C8H18N2O3. The molecule has 0 spiro atoms. The van der Waals surface area contributed by atoms with Crippen molar-refractivity contribution >= 4 is 0 Å². The zero-order valence-corrected chi connectivity index (χ0v) is 7.65. The van der Waals surface area contributed by atoms with Crippen LogP contribution < -0.4 is 11.1 Å². The van der Waals surface area contributed by atoms with Gasteiger partial charge in [0.25, 0.3) is 0 Å². The SMILES string of the molecule is NC(NCC1CCCO1)C(O)CO. The summed E-state index contributed by atoms with van der Waals surface area (Å²) in [6.45, 7) is 1.13. The van der Waals surface area contributed by atoms with Crippen molar-refractivity contribution in [2.45, 2.75) is 31.2 Å². The minimum absolute atomic E-state index is 0.206. The lowest BCUT2D eigenvalue weighted by atomic mass is 10.2. The molecule has 1 saturated heterocycles. The second-order valence-electron chi connectivity index (χ2n) is 3.32. The second kappa shape index (κ2) is 5.51. The quantitative estimate of drug-likeness (QED) is 0.392. The number of hydrogen-bond donors (Lipinski definition) is 4. The Balaban J connectivity index is 2.10. The maximum absolute atomic E-state index is 9.12. The molecule has 0 bridgehead atoms. The Labute approximate surface area is 77.9 Å². The Kier molecular flexibility index (Phi) is 4.61. The monoisotopic (exact) mass is 190 g/mol. The van der Waals surface area contributed by atoms with Crippen LogP contribution in [-0.2, 0) is 4.74 Å². The van der Waals surface area contributed by atoms with Crippen molar-refractivity contribution < 1.29 is 14.9 Å². The van der Waals surface area contributed by atoms with Gasteiger partial charge in [-0.25, -0.2) is 0 Å². The van der Waals surface area contributed by atoms with Gasteiger partial charge in [-0.3, -0.25) is 5.32 Å². The number of ether oxygens (including phenoxy) is 1. The van der Waals surface area contributed by atoms with Crippen LogP contribution in [0.5, 0.6) is 0 Å². The van der Waals surface area contributed by atoms with Crippen molar-refractivity contribution in [1.82, 2.24) is 5.32 Å². The highest BCUT2D eigenvalue weighted by Crippen LogP contribution is 2.10. The van der Waals surface area contributed by atoms with Crippen LogP contribution in [0.25, 0.3) is 0 Å². The third kappa shape index (κ3) is 3.58. The van der Waals surface area contributed by atoms with Gasteiger partial charge < -0.3 is 20.7 Å². The number of nitrogens with two attached hydrogens (primary N) is 1. The molecule has 0 saturated carbocycles. The Bertz CT molecular complexity index is 139. The van der Waals surface area contributed by atoms with Crippen molar-refractivity contribution in [2.24, 2.45) is 5.73 Å². The van der Waals surface area contributed by atoms with Crippen LogP contribution in [-0.4, -0.2) is 48.3 Å². The Morgan fingerprint density at radius 3 is 2.92 bits per heavy atom. The highest BCUT2D eigenvalue weighted by atomic mass is 16.5. The third-order valence-electron chi connectivity index (χ3n) is 2.21.